The number of H-pyrrole nitrogens is 1. The van der Waals surface area contributed by atoms with E-state index in [0.29, 0.717) is 11.4 Å². The highest BCUT2D eigenvalue weighted by molar-refractivity contribution is 6.27. The maximum atomic E-state index is 5.88. The highest BCUT2D eigenvalue weighted by Gasteiger charge is 2.19. The molecule has 0 saturated heterocycles. The molecule has 0 atom stereocenters. The second-order valence-corrected chi connectivity index (χ2v) is 6.53. The van der Waals surface area contributed by atoms with E-state index in [-0.39, 0.29) is 0 Å². The van der Waals surface area contributed by atoms with Gasteiger partial charge in [-0.1, -0.05) is 0 Å². The van der Waals surface area contributed by atoms with Crippen LogP contribution in [0, 0.1) is 0 Å². The summed E-state index contributed by atoms with van der Waals surface area (Å²) in [6.45, 7) is 0. The molecule has 0 aromatic carbocycles. The maximum absolute atomic E-state index is 5.88. The molecule has 27 heavy (non-hydrogen) atoms. The van der Waals surface area contributed by atoms with Crippen LogP contribution in [0.5, 0.6) is 0 Å². The predicted molar refractivity (Wildman–Crippen MR) is 102 cm³/mol. The average molecular weight is 351 g/mol. The molecule has 7 heterocycles. The van der Waals surface area contributed by atoms with Gasteiger partial charge < -0.3 is 13.8 Å². The highest BCUT2D eigenvalue weighted by Crippen LogP contribution is 2.39. The second-order valence-electron chi connectivity index (χ2n) is 6.53. The van der Waals surface area contributed by atoms with Crippen LogP contribution < -0.4 is 0 Å². The Bertz CT molecular complexity index is 1560. The minimum Gasteiger partial charge on any atom is -0.438 e. The first-order valence-electron chi connectivity index (χ1n) is 8.46. The Hall–Kier alpha value is -4.00. The third-order valence-electron chi connectivity index (χ3n) is 5.14. The normalized spacial score (nSPS) is 12.4. The highest BCUT2D eigenvalue weighted by atomic mass is 16.3. The summed E-state index contributed by atoms with van der Waals surface area (Å²) in [5.41, 5.74) is 4.60. The number of hydrogen-bond donors (Lipinski definition) is 1. The summed E-state index contributed by atoms with van der Waals surface area (Å²) in [7, 11) is 0. The molecule has 7 aromatic heterocycles. The Morgan fingerprint density at radius 1 is 0.630 bits per heavy atom. The van der Waals surface area contributed by atoms with Crippen molar-refractivity contribution in [2.24, 2.45) is 0 Å². The molecule has 1 N–H and O–H groups in total. The Kier molecular flexibility index (Phi) is 2.15. The molecule has 0 spiro atoms. The van der Waals surface area contributed by atoms with E-state index in [1.54, 1.807) is 24.8 Å². The fourth-order valence-electron chi connectivity index (χ4n) is 3.96. The van der Waals surface area contributed by atoms with E-state index >= 15 is 0 Å². The number of fused-ring (bicyclic) bond motifs is 11. The summed E-state index contributed by atoms with van der Waals surface area (Å²) in [5.74, 6) is 0. The van der Waals surface area contributed by atoms with Crippen molar-refractivity contribution in [3.05, 3.63) is 49.3 Å². The smallest absolute Gasteiger partial charge is 0.229 e. The summed E-state index contributed by atoms with van der Waals surface area (Å²) >= 11 is 0. The third kappa shape index (κ3) is 1.52. The van der Waals surface area contributed by atoms with Crippen LogP contribution in [0.2, 0.25) is 0 Å². The minimum atomic E-state index is 0.583. The molecular formula is C20H9N5O2. The quantitative estimate of drug-likeness (QED) is 0.426. The molecular weight excluding hydrogens is 342 g/mol. The molecule has 7 aromatic rings. The van der Waals surface area contributed by atoms with Crippen molar-refractivity contribution in [1.82, 2.24) is 24.9 Å². The fraction of sp³-hybridized carbons (Fsp3) is 0. The van der Waals surface area contributed by atoms with Gasteiger partial charge in [0.25, 0.3) is 0 Å². The number of rotatable bonds is 0. The lowest BCUT2D eigenvalue weighted by molar-refractivity contribution is 0.653. The summed E-state index contributed by atoms with van der Waals surface area (Å²) in [5, 5.41) is 5.67. The van der Waals surface area contributed by atoms with Crippen LogP contribution in [0.4, 0.5) is 0 Å². The van der Waals surface area contributed by atoms with Gasteiger partial charge in [-0.2, -0.15) is 0 Å². The van der Waals surface area contributed by atoms with E-state index in [0.717, 1.165) is 54.5 Å². The number of furan rings is 2. The molecule has 0 aliphatic carbocycles. The SMILES string of the molecule is c1cc2oc3ncc4c5cnc6oc7ccncc7c6c5[nH]c4c3c2cn1. The summed E-state index contributed by atoms with van der Waals surface area (Å²) in [6, 6.07) is 3.70. The van der Waals surface area contributed by atoms with Crippen molar-refractivity contribution >= 4 is 65.9 Å². The topological polar surface area (TPSA) is 93.6 Å². The maximum Gasteiger partial charge on any atom is 0.229 e. The van der Waals surface area contributed by atoms with Gasteiger partial charge in [-0.05, 0) is 12.1 Å². The van der Waals surface area contributed by atoms with E-state index in [2.05, 4.69) is 24.9 Å². The van der Waals surface area contributed by atoms with Gasteiger partial charge in [0.05, 0.1) is 32.6 Å². The Balaban J connectivity index is 1.78. The van der Waals surface area contributed by atoms with Gasteiger partial charge in [0, 0.05) is 48.0 Å². The average Bonchev–Trinajstić information content (AvgIpc) is 3.37. The Morgan fingerprint density at radius 2 is 1.15 bits per heavy atom. The number of aromatic nitrogens is 5. The fourth-order valence-corrected chi connectivity index (χ4v) is 3.96. The van der Waals surface area contributed by atoms with Crippen LogP contribution >= 0.6 is 0 Å². The van der Waals surface area contributed by atoms with Crippen molar-refractivity contribution in [2.75, 3.05) is 0 Å². The van der Waals surface area contributed by atoms with Crippen LogP contribution in [0.1, 0.15) is 0 Å². The molecule has 7 rings (SSSR count). The van der Waals surface area contributed by atoms with Gasteiger partial charge >= 0.3 is 0 Å². The summed E-state index contributed by atoms with van der Waals surface area (Å²) in [4.78, 5) is 21.1. The Labute approximate surface area is 149 Å². The number of pyridine rings is 4. The molecule has 0 saturated carbocycles. The molecule has 126 valence electrons. The van der Waals surface area contributed by atoms with E-state index in [1.807, 2.05) is 24.5 Å². The minimum absolute atomic E-state index is 0.583. The van der Waals surface area contributed by atoms with Crippen LogP contribution in [-0.2, 0) is 0 Å². The van der Waals surface area contributed by atoms with Crippen molar-refractivity contribution in [1.29, 1.82) is 0 Å². The van der Waals surface area contributed by atoms with Gasteiger partial charge in [-0.15, -0.1) is 0 Å². The van der Waals surface area contributed by atoms with Gasteiger partial charge in [-0.3, -0.25) is 9.97 Å². The van der Waals surface area contributed by atoms with Crippen LogP contribution in [0.25, 0.3) is 65.9 Å². The zero-order chi connectivity index (χ0) is 17.5. The zero-order valence-electron chi connectivity index (χ0n) is 13.7. The molecule has 0 fully saturated rings. The van der Waals surface area contributed by atoms with E-state index in [4.69, 9.17) is 8.83 Å². The number of hydrogen-bond acceptors (Lipinski definition) is 6. The lowest BCUT2D eigenvalue weighted by atomic mass is 10.1. The molecule has 0 radical (unpaired) electrons. The second kappa shape index (κ2) is 4.39. The van der Waals surface area contributed by atoms with Crippen LogP contribution in [0.3, 0.4) is 0 Å². The molecule has 0 aliphatic rings. The molecule has 0 unspecified atom stereocenters. The standard InChI is InChI=1S/C20H9N5O2/c1-3-21-5-11-13(1)26-19-15(11)17-9(7-23-19)10-8-24-20-16(18(10)25-17)12-6-22-4-2-14(12)27-20/h1-8,25H. The summed E-state index contributed by atoms with van der Waals surface area (Å²) < 4.78 is 11.8. The van der Waals surface area contributed by atoms with Gasteiger partial charge in [-0.25, -0.2) is 9.97 Å². The molecule has 7 nitrogen and oxygen atoms in total. The van der Waals surface area contributed by atoms with Gasteiger partial charge in [0.2, 0.25) is 11.4 Å². The lowest BCUT2D eigenvalue weighted by Crippen LogP contribution is -1.76. The first-order valence-corrected chi connectivity index (χ1v) is 8.46. The zero-order valence-corrected chi connectivity index (χ0v) is 13.7. The first kappa shape index (κ1) is 13.2. The molecule has 0 bridgehead atoms. The number of nitrogens with one attached hydrogen (secondary N) is 1. The molecule has 7 heteroatoms. The van der Waals surface area contributed by atoms with Gasteiger partial charge in [0.1, 0.15) is 11.2 Å². The largest absolute Gasteiger partial charge is 0.438 e. The molecule has 0 amide bonds. The molecule has 0 aliphatic heterocycles. The summed E-state index contributed by atoms with van der Waals surface area (Å²) in [6.07, 6.45) is 10.7. The number of nitrogens with zero attached hydrogens (tertiary/aromatic N) is 4. The van der Waals surface area contributed by atoms with Crippen molar-refractivity contribution in [3.63, 3.8) is 0 Å². The number of aromatic amines is 1. The van der Waals surface area contributed by atoms with Crippen molar-refractivity contribution in [2.45, 2.75) is 0 Å². The third-order valence-corrected chi connectivity index (χ3v) is 5.14. The van der Waals surface area contributed by atoms with Crippen molar-refractivity contribution in [3.8, 4) is 0 Å². The van der Waals surface area contributed by atoms with Gasteiger partial charge in [0.15, 0.2) is 0 Å². The van der Waals surface area contributed by atoms with Crippen LogP contribution in [0.15, 0.2) is 58.1 Å². The van der Waals surface area contributed by atoms with E-state index < -0.39 is 0 Å². The van der Waals surface area contributed by atoms with Crippen molar-refractivity contribution < 1.29 is 8.83 Å². The lowest BCUT2D eigenvalue weighted by Gasteiger charge is -1.92. The first-order chi connectivity index (χ1) is 13.4. The van der Waals surface area contributed by atoms with Crippen LogP contribution in [-0.4, -0.2) is 24.9 Å². The monoisotopic (exact) mass is 351 g/mol. The van der Waals surface area contributed by atoms with E-state index in [9.17, 15) is 0 Å². The Morgan fingerprint density at radius 3 is 1.67 bits per heavy atom. The predicted octanol–water partition coefficient (Wildman–Crippen LogP) is 4.70. The van der Waals surface area contributed by atoms with E-state index in [1.165, 1.54) is 0 Å².